The molecule has 2 amide bonds. The van der Waals surface area contributed by atoms with Gasteiger partial charge in [0.2, 0.25) is 0 Å². The minimum atomic E-state index is -0.248. The van der Waals surface area contributed by atoms with Crippen molar-refractivity contribution in [2.75, 3.05) is 32.1 Å². The number of amides is 2. The van der Waals surface area contributed by atoms with Gasteiger partial charge in [0, 0.05) is 45.1 Å². The molecule has 1 aromatic heterocycles. The maximum Gasteiger partial charge on any atom is 0.409 e. The molecule has 154 valence electrons. The fourth-order valence-electron chi connectivity index (χ4n) is 3.44. The molecule has 7 nitrogen and oxygen atoms in total. The number of carbonyl (C=O) groups is 2. The number of pyridine rings is 1. The van der Waals surface area contributed by atoms with Gasteiger partial charge >= 0.3 is 6.09 Å². The van der Waals surface area contributed by atoms with E-state index in [9.17, 15) is 9.59 Å². The Bertz CT molecular complexity index is 820. The third kappa shape index (κ3) is 5.70. The lowest BCUT2D eigenvalue weighted by Crippen LogP contribution is -2.42. The van der Waals surface area contributed by atoms with Gasteiger partial charge < -0.3 is 19.9 Å². The number of nitrogens with one attached hydrogen (secondary N) is 1. The van der Waals surface area contributed by atoms with Gasteiger partial charge in [-0.2, -0.15) is 0 Å². The van der Waals surface area contributed by atoms with Crippen LogP contribution in [0.5, 0.6) is 0 Å². The van der Waals surface area contributed by atoms with Gasteiger partial charge in [0.25, 0.3) is 5.91 Å². The molecule has 1 fully saturated rings. The van der Waals surface area contributed by atoms with Gasteiger partial charge in [0.1, 0.15) is 0 Å². The van der Waals surface area contributed by atoms with Crippen LogP contribution in [0.3, 0.4) is 0 Å². The van der Waals surface area contributed by atoms with Crippen molar-refractivity contribution >= 4 is 17.7 Å². The van der Waals surface area contributed by atoms with Crippen LogP contribution >= 0.6 is 0 Å². The monoisotopic (exact) mass is 396 g/mol. The van der Waals surface area contributed by atoms with Gasteiger partial charge in [-0.05, 0) is 31.4 Å². The van der Waals surface area contributed by atoms with Crippen LogP contribution in [0.15, 0.2) is 48.8 Å². The standard InChI is InChI=1S/C22H28N4O3/c1-3-29-22(28)26-11-9-19(10-12-26)24-20-13-18(14-23-15-20)21(27)25(2)16-17-7-5-4-6-8-17/h4-8,13-15,19,24H,3,9-12,16H2,1-2H3. The number of rotatable bonds is 6. The molecule has 1 saturated heterocycles. The maximum absolute atomic E-state index is 12.8. The smallest absolute Gasteiger partial charge is 0.409 e. The summed E-state index contributed by atoms with van der Waals surface area (Å²) in [6.45, 7) is 4.06. The van der Waals surface area contributed by atoms with E-state index in [-0.39, 0.29) is 18.0 Å². The van der Waals surface area contributed by atoms with E-state index < -0.39 is 0 Å². The minimum absolute atomic E-state index is 0.0675. The van der Waals surface area contributed by atoms with E-state index in [0.29, 0.717) is 31.8 Å². The summed E-state index contributed by atoms with van der Waals surface area (Å²) in [6.07, 6.45) is 4.72. The van der Waals surface area contributed by atoms with Crippen molar-refractivity contribution in [1.82, 2.24) is 14.8 Å². The van der Waals surface area contributed by atoms with Gasteiger partial charge in [-0.25, -0.2) is 4.79 Å². The molecule has 0 aliphatic carbocycles. The SMILES string of the molecule is CCOC(=O)N1CCC(Nc2cncc(C(=O)N(C)Cc3ccccc3)c2)CC1. The highest BCUT2D eigenvalue weighted by atomic mass is 16.6. The zero-order valence-electron chi connectivity index (χ0n) is 17.0. The van der Waals surface area contributed by atoms with E-state index in [1.165, 1.54) is 0 Å². The Balaban J connectivity index is 1.55. The summed E-state index contributed by atoms with van der Waals surface area (Å²) < 4.78 is 5.06. The van der Waals surface area contributed by atoms with Crippen molar-refractivity contribution in [2.24, 2.45) is 0 Å². The Morgan fingerprint density at radius 3 is 2.62 bits per heavy atom. The van der Waals surface area contributed by atoms with Crippen molar-refractivity contribution in [3.8, 4) is 0 Å². The first-order valence-electron chi connectivity index (χ1n) is 9.99. The molecule has 7 heteroatoms. The first kappa shape index (κ1) is 20.6. The number of ether oxygens (including phenoxy) is 1. The number of aromatic nitrogens is 1. The van der Waals surface area contributed by atoms with Crippen LogP contribution < -0.4 is 5.32 Å². The fourth-order valence-corrected chi connectivity index (χ4v) is 3.44. The number of hydrogen-bond acceptors (Lipinski definition) is 5. The summed E-state index contributed by atoms with van der Waals surface area (Å²) in [5.41, 5.74) is 2.45. The molecule has 0 atom stereocenters. The predicted molar refractivity (Wildman–Crippen MR) is 112 cm³/mol. The third-order valence-electron chi connectivity index (χ3n) is 4.99. The first-order chi connectivity index (χ1) is 14.1. The molecule has 1 aromatic carbocycles. The van der Waals surface area contributed by atoms with E-state index in [2.05, 4.69) is 10.3 Å². The summed E-state index contributed by atoms with van der Waals surface area (Å²) in [4.78, 5) is 32.2. The van der Waals surface area contributed by atoms with E-state index in [1.54, 1.807) is 29.2 Å². The number of benzene rings is 1. The molecule has 1 aliphatic heterocycles. The van der Waals surface area contributed by atoms with Crippen molar-refractivity contribution in [1.29, 1.82) is 0 Å². The molecule has 0 unspecified atom stereocenters. The van der Waals surface area contributed by atoms with Crippen LogP contribution in [0.2, 0.25) is 0 Å². The van der Waals surface area contributed by atoms with E-state index in [4.69, 9.17) is 4.74 Å². The number of carbonyl (C=O) groups excluding carboxylic acids is 2. The molecule has 2 heterocycles. The van der Waals surface area contributed by atoms with Crippen molar-refractivity contribution in [3.63, 3.8) is 0 Å². The molecule has 1 N–H and O–H groups in total. The number of anilines is 1. The van der Waals surface area contributed by atoms with Crippen LogP contribution in [0.25, 0.3) is 0 Å². The molecule has 0 bridgehead atoms. The van der Waals surface area contributed by atoms with E-state index in [1.807, 2.05) is 43.3 Å². The fraction of sp³-hybridized carbons (Fsp3) is 0.409. The van der Waals surface area contributed by atoms with Crippen LogP contribution in [-0.2, 0) is 11.3 Å². The van der Waals surface area contributed by atoms with Gasteiger partial charge in [-0.3, -0.25) is 9.78 Å². The summed E-state index contributed by atoms with van der Waals surface area (Å²) in [5, 5.41) is 3.44. The maximum atomic E-state index is 12.8. The topological polar surface area (TPSA) is 74.8 Å². The Hall–Kier alpha value is -3.09. The summed E-state index contributed by atoms with van der Waals surface area (Å²) >= 11 is 0. The zero-order valence-corrected chi connectivity index (χ0v) is 17.0. The highest BCUT2D eigenvalue weighted by Gasteiger charge is 2.23. The summed E-state index contributed by atoms with van der Waals surface area (Å²) in [7, 11) is 1.79. The molecule has 29 heavy (non-hydrogen) atoms. The number of nitrogens with zero attached hydrogens (tertiary/aromatic N) is 3. The Morgan fingerprint density at radius 2 is 1.93 bits per heavy atom. The minimum Gasteiger partial charge on any atom is -0.450 e. The third-order valence-corrected chi connectivity index (χ3v) is 4.99. The predicted octanol–water partition coefficient (Wildman–Crippen LogP) is 3.39. The normalized spacial score (nSPS) is 14.3. The van der Waals surface area contributed by atoms with Crippen molar-refractivity contribution in [3.05, 3.63) is 59.9 Å². The lowest BCUT2D eigenvalue weighted by Gasteiger charge is -2.32. The molecule has 0 saturated carbocycles. The Labute approximate surface area is 171 Å². The van der Waals surface area contributed by atoms with Crippen LogP contribution in [0.1, 0.15) is 35.7 Å². The molecular weight excluding hydrogens is 368 g/mol. The van der Waals surface area contributed by atoms with Crippen LogP contribution in [0, 0.1) is 0 Å². The molecule has 3 rings (SSSR count). The highest BCUT2D eigenvalue weighted by Crippen LogP contribution is 2.18. The second kappa shape index (κ2) is 9.91. The lowest BCUT2D eigenvalue weighted by atomic mass is 10.0. The molecule has 1 aliphatic rings. The Kier molecular flexibility index (Phi) is 7.05. The molecular formula is C22H28N4O3. The quantitative estimate of drug-likeness (QED) is 0.810. The first-order valence-corrected chi connectivity index (χ1v) is 9.99. The largest absolute Gasteiger partial charge is 0.450 e. The number of likely N-dealkylation sites (tertiary alicyclic amines) is 1. The zero-order chi connectivity index (χ0) is 20.6. The van der Waals surface area contributed by atoms with Gasteiger partial charge in [0.05, 0.1) is 17.9 Å². The van der Waals surface area contributed by atoms with E-state index in [0.717, 1.165) is 24.1 Å². The second-order valence-electron chi connectivity index (χ2n) is 7.21. The van der Waals surface area contributed by atoms with Gasteiger partial charge in [-0.15, -0.1) is 0 Å². The molecule has 0 radical (unpaired) electrons. The lowest BCUT2D eigenvalue weighted by molar-refractivity contribution is 0.0784. The number of hydrogen-bond donors (Lipinski definition) is 1. The molecule has 0 spiro atoms. The van der Waals surface area contributed by atoms with Crippen LogP contribution in [0.4, 0.5) is 10.5 Å². The van der Waals surface area contributed by atoms with E-state index >= 15 is 0 Å². The second-order valence-corrected chi connectivity index (χ2v) is 7.21. The van der Waals surface area contributed by atoms with Gasteiger partial charge in [-0.1, -0.05) is 30.3 Å². The van der Waals surface area contributed by atoms with Crippen molar-refractivity contribution in [2.45, 2.75) is 32.4 Å². The average Bonchev–Trinajstić information content (AvgIpc) is 2.75. The Morgan fingerprint density at radius 1 is 1.21 bits per heavy atom. The highest BCUT2D eigenvalue weighted by molar-refractivity contribution is 5.94. The summed E-state index contributed by atoms with van der Waals surface area (Å²) in [5.74, 6) is -0.0675. The van der Waals surface area contributed by atoms with Gasteiger partial charge in [0.15, 0.2) is 0 Å². The average molecular weight is 396 g/mol. The molecule has 2 aromatic rings. The summed E-state index contributed by atoms with van der Waals surface area (Å²) in [6, 6.07) is 12.0. The van der Waals surface area contributed by atoms with Crippen LogP contribution in [-0.4, -0.2) is 59.6 Å². The van der Waals surface area contributed by atoms with Crippen molar-refractivity contribution < 1.29 is 14.3 Å². The number of piperidine rings is 1.